The van der Waals surface area contributed by atoms with E-state index in [0.29, 0.717) is 39.9 Å². The minimum absolute atomic E-state index is 0.0454. The number of hydrogen-bond acceptors (Lipinski definition) is 3. The lowest BCUT2D eigenvalue weighted by Crippen LogP contribution is -2.59. The Bertz CT molecular complexity index is 1180. The van der Waals surface area contributed by atoms with Crippen molar-refractivity contribution in [3.05, 3.63) is 68.8 Å². The molecule has 2 aromatic carbocycles. The SMILES string of the molecule is Cc1cc(CC(=O)O)ccc1C1(NC(=O)c2cc3c(Cl)c(Cl)ccc3n2C)COC1. The zero-order valence-corrected chi connectivity index (χ0v) is 18.0. The summed E-state index contributed by atoms with van der Waals surface area (Å²) in [5.41, 5.74) is 3.13. The van der Waals surface area contributed by atoms with Crippen LogP contribution in [0.4, 0.5) is 0 Å². The molecule has 30 heavy (non-hydrogen) atoms. The molecule has 0 aliphatic carbocycles. The van der Waals surface area contributed by atoms with Gasteiger partial charge in [0.05, 0.1) is 29.7 Å². The third kappa shape index (κ3) is 3.45. The summed E-state index contributed by atoms with van der Waals surface area (Å²) in [5.74, 6) is -1.13. The fourth-order valence-electron chi connectivity index (χ4n) is 4.00. The van der Waals surface area contributed by atoms with Gasteiger partial charge in [0.25, 0.3) is 5.91 Å². The van der Waals surface area contributed by atoms with Crippen LogP contribution in [0, 0.1) is 6.92 Å². The van der Waals surface area contributed by atoms with E-state index in [1.807, 2.05) is 25.1 Å². The van der Waals surface area contributed by atoms with Crippen LogP contribution in [0.1, 0.15) is 27.2 Å². The zero-order valence-electron chi connectivity index (χ0n) is 16.5. The third-order valence-electron chi connectivity index (χ3n) is 5.56. The quantitative estimate of drug-likeness (QED) is 0.618. The smallest absolute Gasteiger partial charge is 0.307 e. The van der Waals surface area contributed by atoms with Crippen LogP contribution >= 0.6 is 23.2 Å². The second-order valence-electron chi connectivity index (χ2n) is 7.63. The first-order valence-electron chi connectivity index (χ1n) is 9.37. The molecule has 6 nitrogen and oxygen atoms in total. The zero-order chi connectivity index (χ0) is 21.6. The van der Waals surface area contributed by atoms with Crippen molar-refractivity contribution in [3.63, 3.8) is 0 Å². The molecular formula is C22H20Cl2N2O4. The maximum absolute atomic E-state index is 13.2. The molecule has 1 saturated heterocycles. The van der Waals surface area contributed by atoms with Crippen LogP contribution in [0.3, 0.4) is 0 Å². The van der Waals surface area contributed by atoms with E-state index >= 15 is 0 Å². The highest BCUT2D eigenvalue weighted by atomic mass is 35.5. The molecule has 0 saturated carbocycles. The van der Waals surface area contributed by atoms with E-state index in [-0.39, 0.29) is 12.3 Å². The molecule has 0 spiro atoms. The first-order chi connectivity index (χ1) is 14.2. The van der Waals surface area contributed by atoms with Crippen LogP contribution in [0.15, 0.2) is 36.4 Å². The highest BCUT2D eigenvalue weighted by Crippen LogP contribution is 2.35. The van der Waals surface area contributed by atoms with E-state index < -0.39 is 11.5 Å². The summed E-state index contributed by atoms with van der Waals surface area (Å²) in [7, 11) is 1.80. The second kappa shape index (κ2) is 7.61. The van der Waals surface area contributed by atoms with Crippen LogP contribution in [-0.4, -0.2) is 34.8 Å². The number of carboxylic acids is 1. The molecule has 2 N–H and O–H groups in total. The Hall–Kier alpha value is -2.54. The number of nitrogens with one attached hydrogen (secondary N) is 1. The number of amides is 1. The summed E-state index contributed by atoms with van der Waals surface area (Å²) in [6, 6.07) is 10.8. The summed E-state index contributed by atoms with van der Waals surface area (Å²) < 4.78 is 7.23. The van der Waals surface area contributed by atoms with Gasteiger partial charge in [-0.25, -0.2) is 0 Å². The molecule has 2 heterocycles. The molecule has 4 rings (SSSR count). The Morgan fingerprint density at radius 3 is 2.53 bits per heavy atom. The summed E-state index contributed by atoms with van der Waals surface area (Å²) in [4.78, 5) is 24.2. The number of carbonyl (C=O) groups excluding carboxylic acids is 1. The lowest BCUT2D eigenvalue weighted by atomic mass is 9.84. The third-order valence-corrected chi connectivity index (χ3v) is 6.38. The largest absolute Gasteiger partial charge is 0.481 e. The minimum atomic E-state index is -0.883. The molecule has 1 fully saturated rings. The lowest BCUT2D eigenvalue weighted by molar-refractivity contribution is -0.136. The van der Waals surface area contributed by atoms with E-state index in [2.05, 4.69) is 5.32 Å². The average molecular weight is 447 g/mol. The second-order valence-corrected chi connectivity index (χ2v) is 8.42. The van der Waals surface area contributed by atoms with Gasteiger partial charge in [-0.15, -0.1) is 0 Å². The molecule has 3 aromatic rings. The van der Waals surface area contributed by atoms with Crippen molar-refractivity contribution in [1.29, 1.82) is 0 Å². The number of rotatable bonds is 5. The van der Waals surface area contributed by atoms with Gasteiger partial charge in [-0.1, -0.05) is 41.4 Å². The van der Waals surface area contributed by atoms with Gasteiger partial charge in [0.15, 0.2) is 0 Å². The predicted octanol–water partition coefficient (Wildman–Crippen LogP) is 4.08. The van der Waals surface area contributed by atoms with Crippen molar-refractivity contribution in [2.24, 2.45) is 7.05 Å². The molecule has 1 aromatic heterocycles. The molecule has 1 aliphatic rings. The number of aryl methyl sites for hydroxylation is 2. The minimum Gasteiger partial charge on any atom is -0.481 e. The molecular weight excluding hydrogens is 427 g/mol. The lowest BCUT2D eigenvalue weighted by Gasteiger charge is -2.43. The first-order valence-corrected chi connectivity index (χ1v) is 10.1. The maximum atomic E-state index is 13.2. The molecule has 0 radical (unpaired) electrons. The van der Waals surface area contributed by atoms with E-state index in [9.17, 15) is 9.59 Å². The summed E-state index contributed by atoms with van der Waals surface area (Å²) >= 11 is 12.4. The Morgan fingerprint density at radius 1 is 1.20 bits per heavy atom. The average Bonchev–Trinajstić information content (AvgIpc) is 2.99. The molecule has 1 aliphatic heterocycles. The van der Waals surface area contributed by atoms with Crippen LogP contribution in [0.5, 0.6) is 0 Å². The van der Waals surface area contributed by atoms with Crippen molar-refractivity contribution >= 4 is 46.0 Å². The van der Waals surface area contributed by atoms with Crippen molar-refractivity contribution in [1.82, 2.24) is 9.88 Å². The van der Waals surface area contributed by atoms with Crippen LogP contribution in [0.25, 0.3) is 10.9 Å². The first kappa shape index (κ1) is 20.7. The Balaban J connectivity index is 1.67. The summed E-state index contributed by atoms with van der Waals surface area (Å²) in [6.45, 7) is 2.59. The summed E-state index contributed by atoms with van der Waals surface area (Å²) in [6.07, 6.45) is -0.0454. The van der Waals surface area contributed by atoms with Crippen molar-refractivity contribution in [2.45, 2.75) is 18.9 Å². The van der Waals surface area contributed by atoms with Crippen LogP contribution in [0.2, 0.25) is 10.0 Å². The van der Waals surface area contributed by atoms with E-state index in [4.69, 9.17) is 33.0 Å². The van der Waals surface area contributed by atoms with E-state index in [0.717, 1.165) is 16.6 Å². The van der Waals surface area contributed by atoms with Crippen molar-refractivity contribution in [2.75, 3.05) is 13.2 Å². The topological polar surface area (TPSA) is 80.6 Å². The fourth-order valence-corrected chi connectivity index (χ4v) is 4.38. The maximum Gasteiger partial charge on any atom is 0.307 e. The summed E-state index contributed by atoms with van der Waals surface area (Å²) in [5, 5.41) is 13.7. The number of aliphatic carboxylic acids is 1. The molecule has 156 valence electrons. The van der Waals surface area contributed by atoms with Gasteiger partial charge in [0.2, 0.25) is 0 Å². The number of carbonyl (C=O) groups is 2. The predicted molar refractivity (Wildman–Crippen MR) is 115 cm³/mol. The number of ether oxygens (including phenoxy) is 1. The Labute approximate surface area is 183 Å². The Kier molecular flexibility index (Phi) is 5.26. The van der Waals surface area contributed by atoms with Gasteiger partial charge >= 0.3 is 5.97 Å². The Morgan fingerprint density at radius 2 is 1.93 bits per heavy atom. The standard InChI is InChI=1S/C22H20Cl2N2O4/c1-12-7-13(8-19(27)28)3-4-15(12)22(10-30-11-22)25-21(29)18-9-14-17(26(18)2)6-5-16(23)20(14)24/h3-7,9H,8,10-11H2,1-2H3,(H,25,29)(H,27,28). The number of fused-ring (bicyclic) bond motifs is 1. The van der Waals surface area contributed by atoms with Crippen LogP contribution < -0.4 is 5.32 Å². The molecule has 0 atom stereocenters. The fraction of sp³-hybridized carbons (Fsp3) is 0.273. The van der Waals surface area contributed by atoms with Crippen molar-refractivity contribution < 1.29 is 19.4 Å². The molecule has 0 unspecified atom stereocenters. The van der Waals surface area contributed by atoms with Gasteiger partial charge in [-0.2, -0.15) is 0 Å². The van der Waals surface area contributed by atoms with Gasteiger partial charge in [-0.05, 0) is 41.8 Å². The van der Waals surface area contributed by atoms with Gasteiger partial charge < -0.3 is 19.7 Å². The van der Waals surface area contributed by atoms with E-state index in [1.165, 1.54) is 0 Å². The van der Waals surface area contributed by atoms with Gasteiger partial charge in [0.1, 0.15) is 11.2 Å². The number of nitrogens with zero attached hydrogens (tertiary/aromatic N) is 1. The van der Waals surface area contributed by atoms with Crippen LogP contribution in [-0.2, 0) is 28.5 Å². The number of hydrogen-bond donors (Lipinski definition) is 2. The van der Waals surface area contributed by atoms with E-state index in [1.54, 1.807) is 29.8 Å². The normalized spacial score (nSPS) is 15.1. The number of carboxylic acid groups (broad SMARTS) is 1. The highest BCUT2D eigenvalue weighted by Gasteiger charge is 2.43. The molecule has 1 amide bonds. The number of benzene rings is 2. The molecule has 0 bridgehead atoms. The van der Waals surface area contributed by atoms with Crippen molar-refractivity contribution in [3.8, 4) is 0 Å². The number of aromatic nitrogens is 1. The number of halogens is 2. The van der Waals surface area contributed by atoms with Gasteiger partial charge in [0, 0.05) is 18.0 Å². The highest BCUT2D eigenvalue weighted by molar-refractivity contribution is 6.45. The van der Waals surface area contributed by atoms with Gasteiger partial charge in [-0.3, -0.25) is 9.59 Å². The monoisotopic (exact) mass is 446 g/mol. The molecule has 8 heteroatoms.